The van der Waals surface area contributed by atoms with Crippen LogP contribution in [0.1, 0.15) is 36.6 Å². The highest BCUT2D eigenvalue weighted by atomic mass is 16.5. The Bertz CT molecular complexity index is 1200. The molecule has 1 aliphatic heterocycles. The van der Waals surface area contributed by atoms with Gasteiger partial charge in [-0.05, 0) is 37.1 Å². The molecule has 1 unspecified atom stereocenters. The molecule has 1 heterocycles. The Morgan fingerprint density at radius 1 is 0.853 bits per heavy atom. The summed E-state index contributed by atoms with van der Waals surface area (Å²) in [5.41, 5.74) is 2.06. The van der Waals surface area contributed by atoms with Crippen molar-refractivity contribution < 1.29 is 24.2 Å². The number of rotatable bonds is 8. The number of aliphatic hydroxyl groups excluding tert-OH is 1. The third-order valence-corrected chi connectivity index (χ3v) is 5.67. The Balaban J connectivity index is 1.87. The topological polar surface area (TPSA) is 76.1 Å². The number of nitrogens with zero attached hydrogens (tertiary/aromatic N) is 1. The lowest BCUT2D eigenvalue weighted by Gasteiger charge is -2.26. The Kier molecular flexibility index (Phi) is 6.97. The van der Waals surface area contributed by atoms with Gasteiger partial charge in [-0.25, -0.2) is 0 Å². The fourth-order valence-corrected chi connectivity index (χ4v) is 4.16. The van der Waals surface area contributed by atoms with Crippen molar-refractivity contribution >= 4 is 17.4 Å². The van der Waals surface area contributed by atoms with E-state index < -0.39 is 17.7 Å². The lowest BCUT2D eigenvalue weighted by atomic mass is 9.95. The maximum atomic E-state index is 13.2. The van der Waals surface area contributed by atoms with Crippen LogP contribution in [0.4, 0.5) is 0 Å². The van der Waals surface area contributed by atoms with E-state index in [1.165, 1.54) is 4.90 Å². The standard InChI is InChI=1S/C28H27NO5/c1-3-33-22-16-15-21(17-23(22)34-4-2)25-24(26(30)20-13-9-6-10-14-20)27(31)28(32)29(25)18-19-11-7-5-8-12-19/h5-17,25,30H,3-4,18H2,1-2H3. The number of benzene rings is 3. The van der Waals surface area contributed by atoms with Crippen molar-refractivity contribution in [1.82, 2.24) is 4.90 Å². The number of ether oxygens (including phenoxy) is 2. The lowest BCUT2D eigenvalue weighted by molar-refractivity contribution is -0.140. The van der Waals surface area contributed by atoms with E-state index in [4.69, 9.17) is 9.47 Å². The van der Waals surface area contributed by atoms with Crippen LogP contribution < -0.4 is 9.47 Å². The molecule has 6 heteroatoms. The number of ketones is 1. The number of carbonyl (C=O) groups excluding carboxylic acids is 2. The van der Waals surface area contributed by atoms with Crippen molar-refractivity contribution in [2.24, 2.45) is 0 Å². The molecule has 6 nitrogen and oxygen atoms in total. The smallest absolute Gasteiger partial charge is 0.295 e. The minimum atomic E-state index is -0.782. The second-order valence-electron chi connectivity index (χ2n) is 7.85. The molecular weight excluding hydrogens is 430 g/mol. The van der Waals surface area contributed by atoms with E-state index in [1.807, 2.05) is 50.2 Å². The molecule has 1 fully saturated rings. The first-order chi connectivity index (χ1) is 16.5. The van der Waals surface area contributed by atoms with E-state index in [0.717, 1.165) is 5.56 Å². The number of aliphatic hydroxyl groups is 1. The van der Waals surface area contributed by atoms with Gasteiger partial charge in [0.1, 0.15) is 5.76 Å². The number of likely N-dealkylation sites (tertiary alicyclic amines) is 1. The van der Waals surface area contributed by atoms with Gasteiger partial charge in [-0.3, -0.25) is 9.59 Å². The molecule has 0 saturated carbocycles. The highest BCUT2D eigenvalue weighted by Crippen LogP contribution is 2.42. The van der Waals surface area contributed by atoms with Crippen LogP contribution in [0.15, 0.2) is 84.4 Å². The summed E-state index contributed by atoms with van der Waals surface area (Å²) in [5.74, 6) is -0.471. The first-order valence-electron chi connectivity index (χ1n) is 11.3. The van der Waals surface area contributed by atoms with Gasteiger partial charge in [0, 0.05) is 12.1 Å². The minimum Gasteiger partial charge on any atom is -0.507 e. The molecule has 0 spiro atoms. The fourth-order valence-electron chi connectivity index (χ4n) is 4.16. The normalized spacial score (nSPS) is 17.1. The maximum Gasteiger partial charge on any atom is 0.295 e. The zero-order valence-corrected chi connectivity index (χ0v) is 19.2. The predicted molar refractivity (Wildman–Crippen MR) is 130 cm³/mol. The molecule has 0 aliphatic carbocycles. The highest BCUT2D eigenvalue weighted by molar-refractivity contribution is 6.46. The average molecular weight is 458 g/mol. The van der Waals surface area contributed by atoms with Gasteiger partial charge in [0.2, 0.25) is 0 Å². The van der Waals surface area contributed by atoms with Gasteiger partial charge in [0.05, 0.1) is 24.8 Å². The van der Waals surface area contributed by atoms with Gasteiger partial charge < -0.3 is 19.5 Å². The Morgan fingerprint density at radius 2 is 1.47 bits per heavy atom. The molecule has 0 bridgehead atoms. The van der Waals surface area contributed by atoms with Crippen molar-refractivity contribution in [3.63, 3.8) is 0 Å². The average Bonchev–Trinajstić information content (AvgIpc) is 3.11. The molecule has 1 saturated heterocycles. The SMILES string of the molecule is CCOc1ccc(C2C(=C(O)c3ccccc3)C(=O)C(=O)N2Cc2ccccc2)cc1OCC. The molecule has 0 radical (unpaired) electrons. The van der Waals surface area contributed by atoms with Crippen LogP contribution >= 0.6 is 0 Å². The van der Waals surface area contributed by atoms with Gasteiger partial charge >= 0.3 is 0 Å². The van der Waals surface area contributed by atoms with E-state index in [2.05, 4.69) is 0 Å². The second-order valence-corrected chi connectivity index (χ2v) is 7.85. The molecule has 3 aromatic carbocycles. The lowest BCUT2D eigenvalue weighted by Crippen LogP contribution is -2.29. The van der Waals surface area contributed by atoms with Crippen molar-refractivity contribution in [2.45, 2.75) is 26.4 Å². The Labute approximate surface area is 199 Å². The molecule has 4 rings (SSSR count). The Hall–Kier alpha value is -4.06. The van der Waals surface area contributed by atoms with E-state index in [1.54, 1.807) is 42.5 Å². The van der Waals surface area contributed by atoms with Gasteiger partial charge in [-0.1, -0.05) is 66.7 Å². The maximum absolute atomic E-state index is 13.2. The molecule has 34 heavy (non-hydrogen) atoms. The summed E-state index contributed by atoms with van der Waals surface area (Å²) in [6.45, 7) is 4.88. The summed E-state index contributed by atoms with van der Waals surface area (Å²) in [6.07, 6.45) is 0. The second kappa shape index (κ2) is 10.3. The molecule has 3 aromatic rings. The molecule has 174 valence electrons. The van der Waals surface area contributed by atoms with Crippen LogP contribution in [0.2, 0.25) is 0 Å². The third kappa shape index (κ3) is 4.53. The number of amides is 1. The zero-order chi connectivity index (χ0) is 24.1. The Morgan fingerprint density at radius 3 is 2.12 bits per heavy atom. The fraction of sp³-hybridized carbons (Fsp3) is 0.214. The van der Waals surface area contributed by atoms with Crippen molar-refractivity contribution in [3.8, 4) is 11.5 Å². The third-order valence-electron chi connectivity index (χ3n) is 5.67. The highest BCUT2D eigenvalue weighted by Gasteiger charge is 2.46. The summed E-state index contributed by atoms with van der Waals surface area (Å²) in [7, 11) is 0. The van der Waals surface area contributed by atoms with E-state index >= 15 is 0 Å². The summed E-state index contributed by atoms with van der Waals surface area (Å²) >= 11 is 0. The van der Waals surface area contributed by atoms with Crippen molar-refractivity contribution in [3.05, 3.63) is 101 Å². The van der Waals surface area contributed by atoms with Crippen LogP contribution in [0.25, 0.3) is 5.76 Å². The summed E-state index contributed by atoms with van der Waals surface area (Å²) in [5, 5.41) is 11.2. The summed E-state index contributed by atoms with van der Waals surface area (Å²) in [6, 6.07) is 22.8. The van der Waals surface area contributed by atoms with Crippen molar-refractivity contribution in [2.75, 3.05) is 13.2 Å². The predicted octanol–water partition coefficient (Wildman–Crippen LogP) is 5.11. The summed E-state index contributed by atoms with van der Waals surface area (Å²) < 4.78 is 11.5. The number of carbonyl (C=O) groups is 2. The van der Waals surface area contributed by atoms with Crippen LogP contribution in [-0.4, -0.2) is 34.9 Å². The van der Waals surface area contributed by atoms with Gasteiger partial charge in [0.15, 0.2) is 11.5 Å². The van der Waals surface area contributed by atoms with E-state index in [0.29, 0.717) is 35.8 Å². The number of Topliss-reactive ketones (excluding diaryl/α,β-unsaturated/α-hetero) is 1. The van der Waals surface area contributed by atoms with Crippen molar-refractivity contribution in [1.29, 1.82) is 0 Å². The molecule has 1 atom stereocenters. The van der Waals surface area contributed by atoms with Crippen LogP contribution in [0.3, 0.4) is 0 Å². The monoisotopic (exact) mass is 457 g/mol. The molecule has 1 N–H and O–H groups in total. The largest absolute Gasteiger partial charge is 0.507 e. The van der Waals surface area contributed by atoms with Gasteiger partial charge in [-0.2, -0.15) is 0 Å². The first kappa shape index (κ1) is 23.1. The summed E-state index contributed by atoms with van der Waals surface area (Å²) in [4.78, 5) is 27.9. The molecule has 1 amide bonds. The zero-order valence-electron chi connectivity index (χ0n) is 19.2. The van der Waals surface area contributed by atoms with Gasteiger partial charge in [0.25, 0.3) is 11.7 Å². The number of hydrogen-bond donors (Lipinski definition) is 1. The van der Waals surface area contributed by atoms with Crippen LogP contribution in [-0.2, 0) is 16.1 Å². The van der Waals surface area contributed by atoms with Crippen LogP contribution in [0.5, 0.6) is 11.5 Å². The quantitative estimate of drug-likeness (QED) is 0.289. The molecule has 1 aliphatic rings. The van der Waals surface area contributed by atoms with E-state index in [-0.39, 0.29) is 17.9 Å². The van der Waals surface area contributed by atoms with Crippen LogP contribution in [0, 0.1) is 0 Å². The molecule has 0 aromatic heterocycles. The van der Waals surface area contributed by atoms with Gasteiger partial charge in [-0.15, -0.1) is 0 Å². The number of hydrogen-bond acceptors (Lipinski definition) is 5. The van der Waals surface area contributed by atoms with E-state index in [9.17, 15) is 14.7 Å². The molecular formula is C28H27NO5. The minimum absolute atomic E-state index is 0.0544. The first-order valence-corrected chi connectivity index (χ1v) is 11.3.